The van der Waals surface area contributed by atoms with Gasteiger partial charge in [-0.1, -0.05) is 12.1 Å². The lowest BCUT2D eigenvalue weighted by Gasteiger charge is -2.30. The van der Waals surface area contributed by atoms with Crippen molar-refractivity contribution in [1.82, 2.24) is 4.90 Å². The molecule has 1 fully saturated rings. The Kier molecular flexibility index (Phi) is 3.83. The van der Waals surface area contributed by atoms with Crippen molar-refractivity contribution in [2.45, 2.75) is 31.8 Å². The van der Waals surface area contributed by atoms with Crippen molar-refractivity contribution in [2.24, 2.45) is 11.7 Å². The van der Waals surface area contributed by atoms with Gasteiger partial charge in [0.1, 0.15) is 6.10 Å². The van der Waals surface area contributed by atoms with Crippen LogP contribution in [-0.2, 0) is 4.74 Å². The van der Waals surface area contributed by atoms with Crippen molar-refractivity contribution in [3.05, 3.63) is 35.4 Å². The SMILES string of the molecule is NC(=O)OC1CCCC(CN2C(=O)c3ccccc3C2=O)C1. The second-order valence-electron chi connectivity index (χ2n) is 5.86. The highest BCUT2D eigenvalue weighted by Crippen LogP contribution is 2.30. The molecule has 1 aromatic rings. The van der Waals surface area contributed by atoms with E-state index in [2.05, 4.69) is 0 Å². The maximum atomic E-state index is 12.3. The van der Waals surface area contributed by atoms with Crippen molar-refractivity contribution in [3.63, 3.8) is 0 Å². The van der Waals surface area contributed by atoms with Gasteiger partial charge in [-0.15, -0.1) is 0 Å². The van der Waals surface area contributed by atoms with Gasteiger partial charge in [-0.25, -0.2) is 4.79 Å². The number of carbonyl (C=O) groups excluding carboxylic acids is 3. The van der Waals surface area contributed by atoms with Crippen LogP contribution in [0, 0.1) is 5.92 Å². The van der Waals surface area contributed by atoms with Gasteiger partial charge in [-0.3, -0.25) is 14.5 Å². The van der Waals surface area contributed by atoms with Crippen LogP contribution < -0.4 is 5.73 Å². The normalized spacial score (nSPS) is 24.3. The molecule has 0 bridgehead atoms. The fourth-order valence-corrected chi connectivity index (χ4v) is 3.34. The predicted octanol–water partition coefficient (Wildman–Crippen LogP) is 1.94. The predicted molar refractivity (Wildman–Crippen MR) is 78.2 cm³/mol. The summed E-state index contributed by atoms with van der Waals surface area (Å²) in [5, 5.41) is 0. The van der Waals surface area contributed by atoms with Gasteiger partial charge in [0.05, 0.1) is 11.1 Å². The first kappa shape index (κ1) is 14.6. The van der Waals surface area contributed by atoms with Crippen LogP contribution in [0.1, 0.15) is 46.4 Å². The molecule has 3 amide bonds. The summed E-state index contributed by atoms with van der Waals surface area (Å²) in [4.78, 5) is 36.8. The highest BCUT2D eigenvalue weighted by Gasteiger charge is 2.37. The molecule has 0 radical (unpaired) electrons. The molecule has 0 aromatic heterocycles. The van der Waals surface area contributed by atoms with Crippen molar-refractivity contribution in [3.8, 4) is 0 Å². The van der Waals surface area contributed by atoms with E-state index < -0.39 is 6.09 Å². The highest BCUT2D eigenvalue weighted by molar-refractivity contribution is 6.21. The van der Waals surface area contributed by atoms with Crippen molar-refractivity contribution >= 4 is 17.9 Å². The Morgan fingerprint density at radius 1 is 1.18 bits per heavy atom. The molecular formula is C16H18N2O4. The number of hydrogen-bond acceptors (Lipinski definition) is 4. The number of rotatable bonds is 3. The molecule has 0 saturated heterocycles. The van der Waals surface area contributed by atoms with Crippen LogP contribution in [-0.4, -0.2) is 35.5 Å². The van der Waals surface area contributed by atoms with E-state index in [0.717, 1.165) is 19.3 Å². The summed E-state index contributed by atoms with van der Waals surface area (Å²) >= 11 is 0. The Hall–Kier alpha value is -2.37. The minimum Gasteiger partial charge on any atom is -0.446 e. The average Bonchev–Trinajstić information content (AvgIpc) is 2.73. The number of carbonyl (C=O) groups is 3. The third kappa shape index (κ3) is 2.68. The number of amides is 3. The molecule has 0 spiro atoms. The molecule has 1 heterocycles. The van der Waals surface area contributed by atoms with Crippen LogP contribution in [0.25, 0.3) is 0 Å². The Bertz CT molecular complexity index is 593. The molecule has 3 rings (SSSR count). The van der Waals surface area contributed by atoms with Crippen LogP contribution in [0.15, 0.2) is 24.3 Å². The van der Waals surface area contributed by atoms with E-state index in [4.69, 9.17) is 10.5 Å². The number of primary amides is 1. The van der Waals surface area contributed by atoms with Gasteiger partial charge in [0.25, 0.3) is 11.8 Å². The molecule has 2 unspecified atom stereocenters. The zero-order valence-electron chi connectivity index (χ0n) is 12.2. The molecular weight excluding hydrogens is 284 g/mol. The van der Waals surface area contributed by atoms with Crippen LogP contribution in [0.5, 0.6) is 0 Å². The minimum atomic E-state index is -0.772. The second-order valence-corrected chi connectivity index (χ2v) is 5.86. The van der Waals surface area contributed by atoms with Gasteiger partial charge in [0.2, 0.25) is 0 Å². The first-order valence-corrected chi connectivity index (χ1v) is 7.47. The van der Waals surface area contributed by atoms with Crippen LogP contribution in [0.3, 0.4) is 0 Å². The first-order chi connectivity index (χ1) is 10.6. The summed E-state index contributed by atoms with van der Waals surface area (Å²) in [5.74, 6) is -0.336. The van der Waals surface area contributed by atoms with Crippen LogP contribution in [0.4, 0.5) is 4.79 Å². The molecule has 6 heteroatoms. The Morgan fingerprint density at radius 2 is 1.82 bits per heavy atom. The quantitative estimate of drug-likeness (QED) is 0.864. The number of hydrogen-bond donors (Lipinski definition) is 1. The van der Waals surface area contributed by atoms with E-state index in [1.54, 1.807) is 24.3 Å². The van der Waals surface area contributed by atoms with Gasteiger partial charge in [0.15, 0.2) is 0 Å². The van der Waals surface area contributed by atoms with Gasteiger partial charge in [0, 0.05) is 6.54 Å². The lowest BCUT2D eigenvalue weighted by atomic mass is 9.87. The average molecular weight is 302 g/mol. The first-order valence-electron chi connectivity index (χ1n) is 7.47. The fraction of sp³-hybridized carbons (Fsp3) is 0.438. The fourth-order valence-electron chi connectivity index (χ4n) is 3.34. The summed E-state index contributed by atoms with van der Waals surface area (Å²) in [6, 6.07) is 6.86. The molecule has 2 N–H and O–H groups in total. The molecule has 1 saturated carbocycles. The molecule has 1 aliphatic carbocycles. The monoisotopic (exact) mass is 302 g/mol. The van der Waals surface area contributed by atoms with Gasteiger partial charge >= 0.3 is 6.09 Å². The summed E-state index contributed by atoms with van der Waals surface area (Å²) in [6.07, 6.45) is 2.23. The van der Waals surface area contributed by atoms with E-state index >= 15 is 0 Å². The number of nitrogens with two attached hydrogens (primary N) is 1. The van der Waals surface area contributed by atoms with Gasteiger partial charge in [-0.2, -0.15) is 0 Å². The number of ether oxygens (including phenoxy) is 1. The number of benzene rings is 1. The highest BCUT2D eigenvalue weighted by atomic mass is 16.6. The molecule has 1 aliphatic heterocycles. The lowest BCUT2D eigenvalue weighted by molar-refractivity contribution is 0.0467. The van der Waals surface area contributed by atoms with Gasteiger partial charge in [-0.05, 0) is 43.7 Å². The minimum absolute atomic E-state index is 0.139. The Labute approximate surface area is 128 Å². The molecule has 22 heavy (non-hydrogen) atoms. The third-order valence-corrected chi connectivity index (χ3v) is 4.34. The second kappa shape index (κ2) is 5.79. The van der Waals surface area contributed by atoms with E-state index in [1.807, 2.05) is 0 Å². The number of nitrogens with zero attached hydrogens (tertiary/aromatic N) is 1. The third-order valence-electron chi connectivity index (χ3n) is 4.34. The van der Waals surface area contributed by atoms with Crippen LogP contribution >= 0.6 is 0 Å². The molecule has 1 aromatic carbocycles. The summed E-state index contributed by atoms with van der Waals surface area (Å²) in [7, 11) is 0. The Balaban J connectivity index is 1.68. The smallest absolute Gasteiger partial charge is 0.404 e. The topological polar surface area (TPSA) is 89.7 Å². The van der Waals surface area contributed by atoms with Crippen molar-refractivity contribution in [2.75, 3.05) is 6.54 Å². The molecule has 2 aliphatic rings. The molecule has 2 atom stereocenters. The summed E-state index contributed by atoms with van der Waals surface area (Å²) in [5.41, 5.74) is 5.99. The van der Waals surface area contributed by atoms with E-state index in [1.165, 1.54) is 4.90 Å². The number of fused-ring (bicyclic) bond motifs is 1. The van der Waals surface area contributed by atoms with E-state index in [0.29, 0.717) is 24.1 Å². The van der Waals surface area contributed by atoms with Gasteiger partial charge < -0.3 is 10.5 Å². The standard InChI is InChI=1S/C16H18N2O4/c17-16(21)22-11-5-3-4-10(8-11)9-18-14(19)12-6-1-2-7-13(12)15(18)20/h1-2,6-7,10-11H,3-5,8-9H2,(H2,17,21). The van der Waals surface area contributed by atoms with Crippen LogP contribution in [0.2, 0.25) is 0 Å². The summed E-state index contributed by atoms with van der Waals surface area (Å²) in [6.45, 7) is 0.366. The van der Waals surface area contributed by atoms with Crippen molar-refractivity contribution < 1.29 is 19.1 Å². The maximum absolute atomic E-state index is 12.3. The molecule has 116 valence electrons. The van der Waals surface area contributed by atoms with E-state index in [9.17, 15) is 14.4 Å². The van der Waals surface area contributed by atoms with E-state index in [-0.39, 0.29) is 23.8 Å². The lowest BCUT2D eigenvalue weighted by Crippen LogP contribution is -2.38. The van der Waals surface area contributed by atoms with Crippen molar-refractivity contribution in [1.29, 1.82) is 0 Å². The molecule has 6 nitrogen and oxygen atoms in total. The number of imide groups is 1. The largest absolute Gasteiger partial charge is 0.446 e. The maximum Gasteiger partial charge on any atom is 0.404 e. The zero-order valence-corrected chi connectivity index (χ0v) is 12.2. The summed E-state index contributed by atoms with van der Waals surface area (Å²) < 4.78 is 5.05. The Morgan fingerprint density at radius 3 is 2.41 bits per heavy atom. The zero-order chi connectivity index (χ0) is 15.7.